The molecule has 0 bridgehead atoms. The fraction of sp³-hybridized carbons (Fsp3) is 0.192. The third kappa shape index (κ3) is 5.96. The maximum atomic E-state index is 13.5. The Morgan fingerprint density at radius 1 is 0.903 bits per heavy atom. The second-order valence-electron chi connectivity index (χ2n) is 7.39. The molecule has 5 heteroatoms. The van der Waals surface area contributed by atoms with Gasteiger partial charge in [0, 0.05) is 12.3 Å². The summed E-state index contributed by atoms with van der Waals surface area (Å²) in [6, 6.07) is 25.9. The molecule has 0 N–H and O–H groups in total. The number of ketones is 1. The van der Waals surface area contributed by atoms with Crippen LogP contribution in [0.5, 0.6) is 0 Å². The number of thioether (sulfide) groups is 1. The van der Waals surface area contributed by atoms with Crippen molar-refractivity contribution in [2.75, 3.05) is 6.26 Å². The van der Waals surface area contributed by atoms with Crippen molar-refractivity contribution in [2.45, 2.75) is 28.7 Å². The van der Waals surface area contributed by atoms with E-state index in [1.54, 1.807) is 42.7 Å². The Bertz CT molecular complexity index is 1120. The van der Waals surface area contributed by atoms with Crippen molar-refractivity contribution in [2.24, 2.45) is 0 Å². The monoisotopic (exact) mass is 450 g/mol. The van der Waals surface area contributed by atoms with Crippen LogP contribution < -0.4 is 0 Å². The Hall–Kier alpha value is -2.63. The number of hydrogen-bond acceptors (Lipinski definition) is 4. The number of allylic oxidation sites excluding steroid dienone is 1. The minimum Gasteiger partial charge on any atom is -0.295 e. The summed E-state index contributed by atoms with van der Waals surface area (Å²) in [5.74, 6) is -0.564. The summed E-state index contributed by atoms with van der Waals surface area (Å²) >= 11 is 1.27. The predicted octanol–water partition coefficient (Wildman–Crippen LogP) is 5.91. The first-order valence-electron chi connectivity index (χ1n) is 10.1. The van der Waals surface area contributed by atoms with E-state index in [1.807, 2.05) is 67.6 Å². The Labute approximate surface area is 189 Å². The highest BCUT2D eigenvalue weighted by molar-refractivity contribution is 8.13. The van der Waals surface area contributed by atoms with Crippen LogP contribution in [-0.2, 0) is 14.6 Å². The maximum Gasteiger partial charge on any atom is 0.191 e. The van der Waals surface area contributed by atoms with Crippen LogP contribution in [0.1, 0.15) is 29.0 Å². The van der Waals surface area contributed by atoms with E-state index >= 15 is 0 Å². The van der Waals surface area contributed by atoms with Crippen molar-refractivity contribution in [3.63, 3.8) is 0 Å². The maximum absolute atomic E-state index is 13.5. The molecular weight excluding hydrogens is 424 g/mol. The average Bonchev–Trinajstić information content (AvgIpc) is 2.79. The summed E-state index contributed by atoms with van der Waals surface area (Å²) in [4.78, 5) is 13.1. The number of aryl methyl sites for hydroxylation is 1. The molecule has 3 aromatic carbocycles. The van der Waals surface area contributed by atoms with Crippen molar-refractivity contribution >= 4 is 33.5 Å². The van der Waals surface area contributed by atoms with E-state index in [4.69, 9.17) is 0 Å². The Balaban J connectivity index is 1.93. The van der Waals surface area contributed by atoms with E-state index in [9.17, 15) is 13.2 Å². The summed E-state index contributed by atoms with van der Waals surface area (Å²) in [7, 11) is -3.64. The first kappa shape index (κ1) is 23.0. The molecule has 3 nitrogen and oxygen atoms in total. The van der Waals surface area contributed by atoms with Gasteiger partial charge in [0.1, 0.15) is 4.58 Å². The van der Waals surface area contributed by atoms with E-state index in [2.05, 4.69) is 0 Å². The van der Waals surface area contributed by atoms with Gasteiger partial charge in [-0.25, -0.2) is 8.42 Å². The SMILES string of the molecule is CSC(C(CC(=O)/C=C/c1ccccc1)c1ccccc1)S(=O)(=O)c1ccc(C)cc1. The third-order valence-electron chi connectivity index (χ3n) is 5.13. The highest BCUT2D eigenvalue weighted by Crippen LogP contribution is 2.37. The molecule has 3 aromatic rings. The van der Waals surface area contributed by atoms with Gasteiger partial charge in [0.2, 0.25) is 0 Å². The van der Waals surface area contributed by atoms with Gasteiger partial charge in [0.05, 0.1) is 4.90 Å². The van der Waals surface area contributed by atoms with Gasteiger partial charge < -0.3 is 0 Å². The molecule has 0 saturated carbocycles. The normalized spacial score (nSPS) is 13.7. The second-order valence-corrected chi connectivity index (χ2v) is 10.7. The molecule has 0 heterocycles. The zero-order valence-corrected chi connectivity index (χ0v) is 19.3. The zero-order valence-electron chi connectivity index (χ0n) is 17.6. The minimum atomic E-state index is -3.64. The molecule has 0 aliphatic carbocycles. The molecule has 31 heavy (non-hydrogen) atoms. The zero-order chi connectivity index (χ0) is 22.3. The largest absolute Gasteiger partial charge is 0.295 e. The van der Waals surface area contributed by atoms with Crippen LogP contribution in [0.3, 0.4) is 0 Å². The predicted molar refractivity (Wildman–Crippen MR) is 130 cm³/mol. The van der Waals surface area contributed by atoms with Crippen LogP contribution in [0.2, 0.25) is 0 Å². The molecule has 0 aliphatic heterocycles. The standard InChI is InChI=1S/C26H26O3S2/c1-20-13-17-24(18-14-20)31(28,29)26(30-2)25(22-11-7-4-8-12-22)19-23(27)16-15-21-9-5-3-6-10-21/h3-18,25-26H,19H2,1-2H3/b16-15+. The van der Waals surface area contributed by atoms with E-state index in [0.717, 1.165) is 16.7 Å². The quantitative estimate of drug-likeness (QED) is 0.380. The van der Waals surface area contributed by atoms with Gasteiger partial charge in [-0.05, 0) is 42.5 Å². The fourth-order valence-corrected chi connectivity index (χ4v) is 6.88. The molecule has 3 rings (SSSR count). The molecule has 0 spiro atoms. The molecule has 2 atom stereocenters. The van der Waals surface area contributed by atoms with E-state index in [1.165, 1.54) is 11.8 Å². The summed E-state index contributed by atoms with van der Waals surface area (Å²) in [6.45, 7) is 1.92. The van der Waals surface area contributed by atoms with E-state index in [-0.39, 0.29) is 17.1 Å². The molecule has 160 valence electrons. The van der Waals surface area contributed by atoms with Crippen molar-refractivity contribution in [1.82, 2.24) is 0 Å². The van der Waals surface area contributed by atoms with Gasteiger partial charge in [0.25, 0.3) is 0 Å². The van der Waals surface area contributed by atoms with Gasteiger partial charge in [-0.2, -0.15) is 0 Å². The van der Waals surface area contributed by atoms with Gasteiger partial charge in [-0.15, -0.1) is 11.8 Å². The minimum absolute atomic E-state index is 0.101. The average molecular weight is 451 g/mol. The Kier molecular flexibility index (Phi) is 7.88. The molecule has 0 aromatic heterocycles. The van der Waals surface area contributed by atoms with Gasteiger partial charge in [0.15, 0.2) is 15.6 Å². The highest BCUT2D eigenvalue weighted by atomic mass is 32.3. The number of rotatable bonds is 9. The Morgan fingerprint density at radius 3 is 2.06 bits per heavy atom. The van der Waals surface area contributed by atoms with Crippen LogP contribution in [-0.4, -0.2) is 25.0 Å². The lowest BCUT2D eigenvalue weighted by Gasteiger charge is -2.25. The van der Waals surface area contributed by atoms with Gasteiger partial charge >= 0.3 is 0 Å². The summed E-state index contributed by atoms with van der Waals surface area (Å²) in [6.07, 6.45) is 5.22. The van der Waals surface area contributed by atoms with Crippen molar-refractivity contribution in [1.29, 1.82) is 0 Å². The molecule has 2 unspecified atom stereocenters. The second kappa shape index (κ2) is 10.6. The van der Waals surface area contributed by atoms with Crippen molar-refractivity contribution in [3.8, 4) is 0 Å². The van der Waals surface area contributed by atoms with Crippen LogP contribution in [0, 0.1) is 6.92 Å². The molecular formula is C26H26O3S2. The first-order chi connectivity index (χ1) is 14.9. The van der Waals surface area contributed by atoms with Crippen LogP contribution >= 0.6 is 11.8 Å². The number of hydrogen-bond donors (Lipinski definition) is 0. The van der Waals surface area contributed by atoms with Crippen molar-refractivity contribution in [3.05, 3.63) is 108 Å². The fourth-order valence-electron chi connectivity index (χ4n) is 3.48. The van der Waals surface area contributed by atoms with Crippen LogP contribution in [0.25, 0.3) is 6.08 Å². The number of carbonyl (C=O) groups excluding carboxylic acids is 1. The summed E-state index contributed by atoms with van der Waals surface area (Å²) in [5, 5.41) is 0. The lowest BCUT2D eigenvalue weighted by molar-refractivity contribution is -0.114. The van der Waals surface area contributed by atoms with E-state index in [0.29, 0.717) is 0 Å². The third-order valence-corrected chi connectivity index (χ3v) is 9.13. The molecule has 0 fully saturated rings. The topological polar surface area (TPSA) is 51.2 Å². The lowest BCUT2D eigenvalue weighted by Crippen LogP contribution is -2.27. The highest BCUT2D eigenvalue weighted by Gasteiger charge is 2.36. The summed E-state index contributed by atoms with van der Waals surface area (Å²) in [5.41, 5.74) is 2.78. The lowest BCUT2D eigenvalue weighted by atomic mass is 9.95. The molecule has 0 saturated heterocycles. The first-order valence-corrected chi connectivity index (χ1v) is 12.9. The molecule has 0 radical (unpaired) electrons. The molecule has 0 aliphatic rings. The van der Waals surface area contributed by atoms with Crippen LogP contribution in [0.4, 0.5) is 0 Å². The summed E-state index contributed by atoms with van der Waals surface area (Å²) < 4.78 is 26.2. The smallest absolute Gasteiger partial charge is 0.191 e. The van der Waals surface area contributed by atoms with Gasteiger partial charge in [-0.1, -0.05) is 84.4 Å². The molecule has 0 amide bonds. The van der Waals surface area contributed by atoms with E-state index < -0.39 is 20.3 Å². The number of carbonyl (C=O) groups is 1. The Morgan fingerprint density at radius 2 is 1.48 bits per heavy atom. The number of benzene rings is 3. The number of sulfone groups is 1. The van der Waals surface area contributed by atoms with Gasteiger partial charge in [-0.3, -0.25) is 4.79 Å². The van der Waals surface area contributed by atoms with Crippen LogP contribution in [0.15, 0.2) is 95.9 Å². The van der Waals surface area contributed by atoms with Crippen molar-refractivity contribution < 1.29 is 13.2 Å².